The Morgan fingerprint density at radius 2 is 1.90 bits per heavy atom. The second kappa shape index (κ2) is 14.3. The minimum Gasteiger partial charge on any atom is -0.459 e. The van der Waals surface area contributed by atoms with Gasteiger partial charge in [-0.1, -0.05) is 0 Å². The summed E-state index contributed by atoms with van der Waals surface area (Å²) in [4.78, 5) is 33.1. The van der Waals surface area contributed by atoms with Gasteiger partial charge in [-0.2, -0.15) is 0 Å². The molecule has 10 heteroatoms. The number of furan rings is 1. The molecule has 176 valence electrons. The van der Waals surface area contributed by atoms with Crippen molar-refractivity contribution >= 4 is 41.8 Å². The van der Waals surface area contributed by atoms with Gasteiger partial charge in [-0.25, -0.2) is 0 Å². The van der Waals surface area contributed by atoms with Crippen molar-refractivity contribution in [3.05, 3.63) is 23.7 Å². The lowest BCUT2D eigenvalue weighted by atomic mass is 10.2. The lowest BCUT2D eigenvalue weighted by Gasteiger charge is -2.36. The Morgan fingerprint density at radius 3 is 2.48 bits per heavy atom. The van der Waals surface area contributed by atoms with Crippen molar-refractivity contribution in [3.8, 4) is 0 Å². The molecule has 1 saturated heterocycles. The number of nitrogens with zero attached hydrogens (tertiary/aromatic N) is 3. The fraction of sp³-hybridized carbons (Fsp3) is 0.667. The summed E-state index contributed by atoms with van der Waals surface area (Å²) in [6.45, 7) is 13.6. The largest absolute Gasteiger partial charge is 0.459 e. The summed E-state index contributed by atoms with van der Waals surface area (Å²) >= 11 is 0. The fourth-order valence-electron chi connectivity index (χ4n) is 3.27. The number of hydrogen-bond donors (Lipinski definition) is 3. The van der Waals surface area contributed by atoms with E-state index in [-0.39, 0.29) is 41.8 Å². The van der Waals surface area contributed by atoms with Crippen molar-refractivity contribution in [2.45, 2.75) is 40.2 Å². The average molecular weight is 548 g/mol. The average Bonchev–Trinajstić information content (AvgIpc) is 3.13. The van der Waals surface area contributed by atoms with Gasteiger partial charge in [-0.05, 0) is 40.2 Å². The van der Waals surface area contributed by atoms with Gasteiger partial charge in [0.1, 0.15) is 0 Å². The molecule has 1 fully saturated rings. The number of guanidine groups is 1. The van der Waals surface area contributed by atoms with Crippen LogP contribution in [0.4, 0.5) is 0 Å². The summed E-state index contributed by atoms with van der Waals surface area (Å²) in [6.07, 6.45) is 2.27. The van der Waals surface area contributed by atoms with Gasteiger partial charge in [-0.3, -0.25) is 19.5 Å². The Morgan fingerprint density at radius 1 is 1.19 bits per heavy atom. The maximum atomic E-state index is 12.0. The molecule has 3 N–H and O–H groups in total. The van der Waals surface area contributed by atoms with Gasteiger partial charge in [0.05, 0.1) is 12.8 Å². The van der Waals surface area contributed by atoms with Crippen LogP contribution < -0.4 is 16.0 Å². The van der Waals surface area contributed by atoms with E-state index in [1.165, 1.54) is 6.26 Å². The molecule has 0 aliphatic carbocycles. The summed E-state index contributed by atoms with van der Waals surface area (Å²) < 4.78 is 5.20. The van der Waals surface area contributed by atoms with Crippen LogP contribution in [0.5, 0.6) is 0 Å². The molecule has 0 saturated carbocycles. The fourth-order valence-corrected chi connectivity index (χ4v) is 3.27. The van der Waals surface area contributed by atoms with Crippen molar-refractivity contribution < 1.29 is 14.0 Å². The van der Waals surface area contributed by atoms with Crippen LogP contribution >= 0.6 is 24.0 Å². The highest BCUT2D eigenvalue weighted by molar-refractivity contribution is 14.0. The molecule has 2 rings (SSSR count). The molecule has 2 amide bonds. The summed E-state index contributed by atoms with van der Waals surface area (Å²) in [6, 6.07) is 1.94. The maximum Gasteiger partial charge on any atom is 0.287 e. The topological polar surface area (TPSA) is 102 Å². The van der Waals surface area contributed by atoms with Crippen molar-refractivity contribution in [1.82, 2.24) is 25.8 Å². The molecule has 0 spiro atoms. The van der Waals surface area contributed by atoms with E-state index in [9.17, 15) is 9.59 Å². The Labute approximate surface area is 202 Å². The number of rotatable bonds is 9. The van der Waals surface area contributed by atoms with E-state index >= 15 is 0 Å². The van der Waals surface area contributed by atoms with E-state index in [1.807, 2.05) is 27.7 Å². The van der Waals surface area contributed by atoms with Crippen molar-refractivity contribution in [3.63, 3.8) is 0 Å². The number of halogens is 1. The number of hydrogen-bond acceptors (Lipinski definition) is 5. The lowest BCUT2D eigenvalue weighted by molar-refractivity contribution is -0.123. The number of amides is 2. The second-order valence-corrected chi connectivity index (χ2v) is 7.76. The Hall–Kier alpha value is -1.82. The molecule has 0 aromatic carbocycles. The van der Waals surface area contributed by atoms with Crippen LogP contribution in [0.25, 0.3) is 0 Å². The molecule has 0 atom stereocenters. The molecule has 2 heterocycles. The minimum atomic E-state index is -0.189. The first-order valence-electron chi connectivity index (χ1n) is 10.8. The van der Waals surface area contributed by atoms with Gasteiger partial charge >= 0.3 is 0 Å². The third-order valence-corrected chi connectivity index (χ3v) is 4.77. The number of carbonyl (C=O) groups is 2. The summed E-state index contributed by atoms with van der Waals surface area (Å²) in [5.41, 5.74) is 0.834. The first-order valence-corrected chi connectivity index (χ1v) is 10.8. The quantitative estimate of drug-likeness (QED) is 0.187. The molecule has 1 aliphatic heterocycles. The van der Waals surface area contributed by atoms with Crippen molar-refractivity contribution in [1.29, 1.82) is 0 Å². The van der Waals surface area contributed by atoms with Crippen LogP contribution in [0.1, 0.15) is 43.3 Å². The van der Waals surface area contributed by atoms with Gasteiger partial charge in [0.25, 0.3) is 5.91 Å². The van der Waals surface area contributed by atoms with E-state index in [2.05, 4.69) is 25.8 Å². The maximum absolute atomic E-state index is 12.0. The number of aryl methyl sites for hydroxylation is 1. The standard InChI is InChI=1S/C21H36N6O3.HI/c1-5-22-21(24-9-6-8-23-20(29)19-17(4)7-14-30-19)27-12-10-26(11-13-27)15-18(28)25-16(2)3;/h7,14,16H,5-6,8-13,15H2,1-4H3,(H,22,24)(H,23,29)(H,25,28);1H. The highest BCUT2D eigenvalue weighted by atomic mass is 127. The predicted molar refractivity (Wildman–Crippen MR) is 133 cm³/mol. The molecular formula is C21H37IN6O3. The zero-order chi connectivity index (χ0) is 21.9. The number of nitrogens with one attached hydrogen (secondary N) is 3. The first kappa shape index (κ1) is 27.2. The molecule has 9 nitrogen and oxygen atoms in total. The third kappa shape index (κ3) is 9.46. The van der Waals surface area contributed by atoms with Crippen LogP contribution in [-0.4, -0.2) is 86.0 Å². The molecule has 0 unspecified atom stereocenters. The van der Waals surface area contributed by atoms with Crippen LogP contribution in [-0.2, 0) is 4.79 Å². The molecule has 1 aromatic heterocycles. The number of piperazine rings is 1. The van der Waals surface area contributed by atoms with Crippen LogP contribution in [0.15, 0.2) is 21.7 Å². The normalized spacial score (nSPS) is 14.9. The van der Waals surface area contributed by atoms with E-state index in [1.54, 1.807) is 6.07 Å². The summed E-state index contributed by atoms with van der Waals surface area (Å²) in [7, 11) is 0. The van der Waals surface area contributed by atoms with Crippen LogP contribution in [0.3, 0.4) is 0 Å². The molecule has 1 aromatic rings. The van der Waals surface area contributed by atoms with Gasteiger partial charge in [-0.15, -0.1) is 24.0 Å². The lowest BCUT2D eigenvalue weighted by Crippen LogP contribution is -2.54. The first-order chi connectivity index (χ1) is 14.4. The summed E-state index contributed by atoms with van der Waals surface area (Å²) in [5, 5.41) is 9.15. The van der Waals surface area contributed by atoms with E-state index in [0.29, 0.717) is 25.4 Å². The number of aliphatic imine (C=N–C) groups is 1. The molecule has 1 aliphatic rings. The van der Waals surface area contributed by atoms with Crippen LogP contribution in [0, 0.1) is 6.92 Å². The monoisotopic (exact) mass is 548 g/mol. The SMILES string of the molecule is CCNC(=NCCCNC(=O)c1occc1C)N1CCN(CC(=O)NC(C)C)CC1.I. The van der Waals surface area contributed by atoms with Crippen molar-refractivity contribution in [2.75, 3.05) is 52.4 Å². The third-order valence-electron chi connectivity index (χ3n) is 4.77. The van der Waals surface area contributed by atoms with E-state index < -0.39 is 0 Å². The summed E-state index contributed by atoms with van der Waals surface area (Å²) in [5.74, 6) is 1.14. The van der Waals surface area contributed by atoms with Crippen LogP contribution in [0.2, 0.25) is 0 Å². The molecule has 0 radical (unpaired) electrons. The highest BCUT2D eigenvalue weighted by Gasteiger charge is 2.21. The second-order valence-electron chi connectivity index (χ2n) is 7.76. The zero-order valence-corrected chi connectivity index (χ0v) is 21.4. The van der Waals surface area contributed by atoms with Crippen molar-refractivity contribution in [2.24, 2.45) is 4.99 Å². The number of carbonyl (C=O) groups excluding carboxylic acids is 2. The zero-order valence-electron chi connectivity index (χ0n) is 19.1. The smallest absolute Gasteiger partial charge is 0.287 e. The van der Waals surface area contributed by atoms with Gasteiger partial charge in [0.2, 0.25) is 5.91 Å². The molecule has 31 heavy (non-hydrogen) atoms. The van der Waals surface area contributed by atoms with Gasteiger partial charge in [0.15, 0.2) is 11.7 Å². The predicted octanol–water partition coefficient (Wildman–Crippen LogP) is 1.43. The Bertz CT molecular complexity index is 714. The van der Waals surface area contributed by atoms with Gasteiger partial charge in [0, 0.05) is 57.4 Å². The Kier molecular flexibility index (Phi) is 12.5. The molecule has 0 bridgehead atoms. The van der Waals surface area contributed by atoms with E-state index in [4.69, 9.17) is 9.41 Å². The van der Waals surface area contributed by atoms with Gasteiger partial charge < -0.3 is 25.3 Å². The minimum absolute atomic E-state index is 0. The van der Waals surface area contributed by atoms with E-state index in [0.717, 1.165) is 50.7 Å². The highest BCUT2D eigenvalue weighted by Crippen LogP contribution is 2.08. The Balaban J connectivity index is 0.00000480. The molecular weight excluding hydrogens is 511 g/mol.